The van der Waals surface area contributed by atoms with Crippen molar-refractivity contribution in [3.05, 3.63) is 89.4 Å². The maximum absolute atomic E-state index is 12.9. The summed E-state index contributed by atoms with van der Waals surface area (Å²) in [4.78, 5) is 39.5. The molecule has 2 aromatic carbocycles. The third-order valence-electron chi connectivity index (χ3n) is 5.34. The van der Waals surface area contributed by atoms with Crippen LogP contribution < -0.4 is 10.6 Å². The number of ether oxygens (including phenoxy) is 1. The zero-order valence-corrected chi connectivity index (χ0v) is 19.5. The Labute approximate surface area is 201 Å². The number of nitrogens with zero attached hydrogens (tertiary/aromatic N) is 1. The minimum atomic E-state index is -0.328. The van der Waals surface area contributed by atoms with Crippen molar-refractivity contribution in [3.63, 3.8) is 0 Å². The molecule has 1 saturated heterocycles. The highest BCUT2D eigenvalue weighted by Gasteiger charge is 2.33. The summed E-state index contributed by atoms with van der Waals surface area (Å²) in [5.74, 6) is 0.557. The number of carbonyl (C=O) groups is 3. The third-order valence-corrected chi connectivity index (χ3v) is 6.60. The zero-order chi connectivity index (χ0) is 23.9. The molecule has 34 heavy (non-hydrogen) atoms. The van der Waals surface area contributed by atoms with E-state index >= 15 is 0 Å². The fourth-order valence-corrected chi connectivity index (χ4v) is 4.81. The van der Waals surface area contributed by atoms with E-state index in [4.69, 9.17) is 9.15 Å². The topological polar surface area (TPSA) is 101 Å². The molecule has 0 aliphatic carbocycles. The SMILES string of the molecule is COCCNC(=O)c1ccccc1NC(=O)c1ccc(C2SCC(=O)N2Cc2ccco2)cc1. The van der Waals surface area contributed by atoms with E-state index in [1.807, 2.05) is 18.2 Å². The van der Waals surface area contributed by atoms with Gasteiger partial charge in [0.2, 0.25) is 5.91 Å². The van der Waals surface area contributed by atoms with Gasteiger partial charge in [0.1, 0.15) is 11.1 Å². The van der Waals surface area contributed by atoms with E-state index in [-0.39, 0.29) is 23.1 Å². The van der Waals surface area contributed by atoms with E-state index in [9.17, 15) is 14.4 Å². The fraction of sp³-hybridized carbons (Fsp3) is 0.240. The molecule has 0 radical (unpaired) electrons. The Bertz CT molecular complexity index is 1150. The second-order valence-corrected chi connectivity index (χ2v) is 8.70. The number of thioether (sulfide) groups is 1. The molecule has 0 spiro atoms. The number of para-hydroxylation sites is 1. The van der Waals surface area contributed by atoms with Crippen LogP contribution in [-0.4, -0.2) is 48.6 Å². The highest BCUT2D eigenvalue weighted by atomic mass is 32.2. The van der Waals surface area contributed by atoms with Gasteiger partial charge in [0.25, 0.3) is 11.8 Å². The van der Waals surface area contributed by atoms with Gasteiger partial charge in [0.05, 0.1) is 36.4 Å². The highest BCUT2D eigenvalue weighted by Crippen LogP contribution is 2.39. The molecular formula is C25H25N3O5S. The predicted octanol–water partition coefficient (Wildman–Crippen LogP) is 3.68. The first kappa shape index (κ1) is 23.6. The van der Waals surface area contributed by atoms with E-state index in [1.54, 1.807) is 72.5 Å². The van der Waals surface area contributed by atoms with Gasteiger partial charge in [-0.2, -0.15) is 0 Å². The predicted molar refractivity (Wildman–Crippen MR) is 130 cm³/mol. The summed E-state index contributed by atoms with van der Waals surface area (Å²) < 4.78 is 10.4. The first-order chi connectivity index (χ1) is 16.6. The lowest BCUT2D eigenvalue weighted by Gasteiger charge is -2.23. The summed E-state index contributed by atoms with van der Waals surface area (Å²) in [6.07, 6.45) is 1.59. The second kappa shape index (κ2) is 11.0. The van der Waals surface area contributed by atoms with E-state index in [0.29, 0.717) is 42.3 Å². The van der Waals surface area contributed by atoms with Crippen molar-refractivity contribution in [1.29, 1.82) is 0 Å². The normalized spacial score (nSPS) is 15.4. The van der Waals surface area contributed by atoms with Gasteiger partial charge in [-0.05, 0) is 42.0 Å². The van der Waals surface area contributed by atoms with Crippen LogP contribution in [0.3, 0.4) is 0 Å². The van der Waals surface area contributed by atoms with Gasteiger partial charge >= 0.3 is 0 Å². The van der Waals surface area contributed by atoms with Crippen molar-refractivity contribution in [2.24, 2.45) is 0 Å². The van der Waals surface area contributed by atoms with Gasteiger partial charge in [-0.15, -0.1) is 11.8 Å². The first-order valence-electron chi connectivity index (χ1n) is 10.8. The average molecular weight is 480 g/mol. The number of furan rings is 1. The molecule has 1 aromatic heterocycles. The molecule has 2 heterocycles. The number of hydrogen-bond acceptors (Lipinski definition) is 6. The molecule has 1 aliphatic rings. The van der Waals surface area contributed by atoms with Crippen LogP contribution in [0.5, 0.6) is 0 Å². The summed E-state index contributed by atoms with van der Waals surface area (Å²) >= 11 is 1.54. The number of rotatable bonds is 9. The fourth-order valence-electron chi connectivity index (χ4n) is 3.62. The smallest absolute Gasteiger partial charge is 0.255 e. The van der Waals surface area contributed by atoms with Crippen LogP contribution in [0.25, 0.3) is 0 Å². The Hall–Kier alpha value is -3.56. The molecular weight excluding hydrogens is 454 g/mol. The third kappa shape index (κ3) is 5.49. The highest BCUT2D eigenvalue weighted by molar-refractivity contribution is 8.00. The van der Waals surface area contributed by atoms with Crippen LogP contribution >= 0.6 is 11.8 Å². The Balaban J connectivity index is 1.44. The van der Waals surface area contributed by atoms with Gasteiger partial charge in [0, 0.05) is 19.2 Å². The largest absolute Gasteiger partial charge is 0.467 e. The molecule has 3 amide bonds. The summed E-state index contributed by atoms with van der Waals surface area (Å²) in [6.45, 7) is 1.17. The summed E-state index contributed by atoms with van der Waals surface area (Å²) in [6, 6.07) is 17.6. The molecule has 1 aliphatic heterocycles. The Morgan fingerprint density at radius 3 is 2.62 bits per heavy atom. The van der Waals surface area contributed by atoms with Gasteiger partial charge < -0.3 is 24.7 Å². The summed E-state index contributed by atoms with van der Waals surface area (Å²) in [5, 5.41) is 5.43. The number of nitrogens with one attached hydrogen (secondary N) is 2. The van der Waals surface area contributed by atoms with Gasteiger partial charge in [-0.25, -0.2) is 0 Å². The molecule has 0 saturated carbocycles. The average Bonchev–Trinajstić information content (AvgIpc) is 3.50. The molecule has 8 nitrogen and oxygen atoms in total. The minimum absolute atomic E-state index is 0.0496. The Morgan fingerprint density at radius 2 is 1.88 bits per heavy atom. The van der Waals surface area contributed by atoms with E-state index < -0.39 is 0 Å². The Kier molecular flexibility index (Phi) is 7.66. The van der Waals surface area contributed by atoms with E-state index in [1.165, 1.54) is 0 Å². The second-order valence-electron chi connectivity index (χ2n) is 7.63. The van der Waals surface area contributed by atoms with Crippen molar-refractivity contribution in [1.82, 2.24) is 10.2 Å². The molecule has 2 N–H and O–H groups in total. The number of anilines is 1. The van der Waals surface area contributed by atoms with Gasteiger partial charge in [0.15, 0.2) is 0 Å². The molecule has 9 heteroatoms. The number of benzene rings is 2. The molecule has 1 unspecified atom stereocenters. The van der Waals surface area contributed by atoms with E-state index in [0.717, 1.165) is 11.3 Å². The number of methoxy groups -OCH3 is 1. The molecule has 4 rings (SSSR count). The lowest BCUT2D eigenvalue weighted by Crippen LogP contribution is -2.28. The number of carbonyl (C=O) groups excluding carboxylic acids is 3. The van der Waals surface area contributed by atoms with Crippen molar-refractivity contribution in [2.45, 2.75) is 11.9 Å². The quantitative estimate of drug-likeness (QED) is 0.454. The summed E-state index contributed by atoms with van der Waals surface area (Å²) in [5.41, 5.74) is 2.17. The van der Waals surface area contributed by atoms with Gasteiger partial charge in [-0.1, -0.05) is 24.3 Å². The maximum Gasteiger partial charge on any atom is 0.255 e. The molecule has 0 bridgehead atoms. The lowest BCUT2D eigenvalue weighted by atomic mass is 10.1. The van der Waals surface area contributed by atoms with Crippen molar-refractivity contribution in [2.75, 3.05) is 31.3 Å². The van der Waals surface area contributed by atoms with Crippen molar-refractivity contribution in [3.8, 4) is 0 Å². The van der Waals surface area contributed by atoms with Gasteiger partial charge in [-0.3, -0.25) is 14.4 Å². The summed E-state index contributed by atoms with van der Waals surface area (Å²) in [7, 11) is 1.56. The van der Waals surface area contributed by atoms with Crippen LogP contribution in [0.4, 0.5) is 5.69 Å². The van der Waals surface area contributed by atoms with Crippen LogP contribution in [0.15, 0.2) is 71.3 Å². The van der Waals surface area contributed by atoms with E-state index in [2.05, 4.69) is 10.6 Å². The van der Waals surface area contributed by atoms with Crippen molar-refractivity contribution < 1.29 is 23.5 Å². The number of amides is 3. The van der Waals surface area contributed by atoms with Crippen LogP contribution in [0.2, 0.25) is 0 Å². The van der Waals surface area contributed by atoms with Crippen molar-refractivity contribution >= 4 is 35.2 Å². The van der Waals surface area contributed by atoms with Crippen LogP contribution in [-0.2, 0) is 16.1 Å². The lowest BCUT2D eigenvalue weighted by molar-refractivity contribution is -0.128. The molecule has 1 fully saturated rings. The standard InChI is InChI=1S/C25H25N3O5S/c1-32-14-12-26-24(31)20-6-2-3-7-21(20)27-23(30)17-8-10-18(11-9-17)25-28(22(29)16-34-25)15-19-5-4-13-33-19/h2-11,13,25H,12,14-16H2,1H3,(H,26,31)(H,27,30). The first-order valence-corrected chi connectivity index (χ1v) is 11.8. The molecule has 176 valence electrons. The molecule has 1 atom stereocenters. The van der Waals surface area contributed by atoms with Crippen LogP contribution in [0.1, 0.15) is 37.4 Å². The monoisotopic (exact) mass is 479 g/mol. The molecule has 3 aromatic rings. The maximum atomic E-state index is 12.9. The van der Waals surface area contributed by atoms with Crippen LogP contribution in [0, 0.1) is 0 Å². The minimum Gasteiger partial charge on any atom is -0.467 e. The number of hydrogen-bond donors (Lipinski definition) is 2. The Morgan fingerprint density at radius 1 is 1.09 bits per heavy atom. The zero-order valence-electron chi connectivity index (χ0n) is 18.7.